The number of methoxy groups -OCH3 is 1. The van der Waals surface area contributed by atoms with Gasteiger partial charge in [-0.3, -0.25) is 9.59 Å². The van der Waals surface area contributed by atoms with E-state index >= 15 is 0 Å². The number of halogens is 1. The molecule has 5 nitrogen and oxygen atoms in total. The Balaban J connectivity index is 1.80. The summed E-state index contributed by atoms with van der Waals surface area (Å²) in [4.78, 5) is 24.2. The normalized spacial score (nSPS) is 11.5. The fraction of sp³-hybridized carbons (Fsp3) is 0.300. The number of hydrogen-bond donors (Lipinski definition) is 1. The van der Waals surface area contributed by atoms with Crippen molar-refractivity contribution in [2.45, 2.75) is 25.9 Å². The van der Waals surface area contributed by atoms with Crippen molar-refractivity contribution in [2.75, 3.05) is 13.7 Å². The number of esters is 1. The molecule has 0 aliphatic carbocycles. The van der Waals surface area contributed by atoms with Crippen LogP contribution in [0.5, 0.6) is 5.75 Å². The van der Waals surface area contributed by atoms with Crippen LogP contribution in [0.3, 0.4) is 0 Å². The number of carbonyl (C=O) groups is 2. The molecule has 1 amide bonds. The number of rotatable bonds is 8. The first-order chi connectivity index (χ1) is 12.5. The van der Waals surface area contributed by atoms with E-state index in [1.807, 2.05) is 30.3 Å². The lowest BCUT2D eigenvalue weighted by molar-refractivity contribution is -0.154. The van der Waals surface area contributed by atoms with Crippen molar-refractivity contribution in [3.8, 4) is 5.75 Å². The van der Waals surface area contributed by atoms with Gasteiger partial charge in [0.05, 0.1) is 13.5 Å². The minimum Gasteiger partial charge on any atom is -0.496 e. The molecule has 0 unspecified atom stereocenters. The largest absolute Gasteiger partial charge is 0.496 e. The van der Waals surface area contributed by atoms with E-state index in [1.54, 1.807) is 25.1 Å². The summed E-state index contributed by atoms with van der Waals surface area (Å²) in [6.07, 6.45) is -0.179. The molecule has 2 aromatic carbocycles. The molecule has 0 fully saturated rings. The third kappa shape index (κ3) is 6.08. The Bertz CT molecular complexity index is 749. The molecule has 26 heavy (non-hydrogen) atoms. The van der Waals surface area contributed by atoms with Crippen molar-refractivity contribution < 1.29 is 19.1 Å². The zero-order valence-corrected chi connectivity index (χ0v) is 15.6. The standard InChI is InChI=1S/C20H22ClNO4/c1-14(20(24)22-11-10-15-6-4-3-5-7-15)26-19(23)13-16-12-17(21)8-9-18(16)25-2/h3-9,12,14H,10-11,13H2,1-2H3,(H,22,24)/t14-/m0/s1. The van der Waals surface area contributed by atoms with Crippen LogP contribution in [0.2, 0.25) is 5.02 Å². The lowest BCUT2D eigenvalue weighted by atomic mass is 10.1. The van der Waals surface area contributed by atoms with Crippen LogP contribution in [-0.2, 0) is 27.2 Å². The molecule has 6 heteroatoms. The van der Waals surface area contributed by atoms with Crippen molar-refractivity contribution in [1.82, 2.24) is 5.32 Å². The number of nitrogens with one attached hydrogen (secondary N) is 1. The molecule has 0 bridgehead atoms. The van der Waals surface area contributed by atoms with E-state index < -0.39 is 12.1 Å². The molecule has 2 rings (SSSR count). The molecule has 0 saturated carbocycles. The predicted octanol–water partition coefficient (Wildman–Crippen LogP) is 3.18. The maximum Gasteiger partial charge on any atom is 0.311 e. The van der Waals surface area contributed by atoms with Crippen LogP contribution in [0.1, 0.15) is 18.1 Å². The lowest BCUT2D eigenvalue weighted by Gasteiger charge is -2.14. The van der Waals surface area contributed by atoms with Crippen molar-refractivity contribution in [3.63, 3.8) is 0 Å². The van der Waals surface area contributed by atoms with Crippen LogP contribution in [0, 0.1) is 0 Å². The summed E-state index contributed by atoms with van der Waals surface area (Å²) in [5.74, 6) is -0.296. The Kier molecular flexibility index (Phi) is 7.48. The second-order valence-electron chi connectivity index (χ2n) is 5.79. The van der Waals surface area contributed by atoms with Crippen molar-refractivity contribution in [1.29, 1.82) is 0 Å². The van der Waals surface area contributed by atoms with Crippen LogP contribution in [0.4, 0.5) is 0 Å². The zero-order valence-electron chi connectivity index (χ0n) is 14.8. The molecular weight excluding hydrogens is 354 g/mol. The van der Waals surface area contributed by atoms with E-state index in [9.17, 15) is 9.59 Å². The fourth-order valence-corrected chi connectivity index (χ4v) is 2.65. The van der Waals surface area contributed by atoms with Crippen LogP contribution in [-0.4, -0.2) is 31.6 Å². The second kappa shape index (κ2) is 9.82. The molecule has 1 atom stereocenters. The fourth-order valence-electron chi connectivity index (χ4n) is 2.45. The first-order valence-corrected chi connectivity index (χ1v) is 8.71. The first-order valence-electron chi connectivity index (χ1n) is 8.33. The van der Waals surface area contributed by atoms with Crippen LogP contribution < -0.4 is 10.1 Å². The molecule has 0 spiro atoms. The van der Waals surface area contributed by atoms with E-state index in [1.165, 1.54) is 7.11 Å². The summed E-state index contributed by atoms with van der Waals surface area (Å²) >= 11 is 5.95. The molecule has 0 radical (unpaired) electrons. The summed E-state index contributed by atoms with van der Waals surface area (Å²) in [6.45, 7) is 2.03. The Morgan fingerprint density at radius 2 is 1.88 bits per heavy atom. The van der Waals surface area contributed by atoms with Gasteiger partial charge in [-0.05, 0) is 37.1 Å². The Hall–Kier alpha value is -2.53. The molecular formula is C20H22ClNO4. The van der Waals surface area contributed by atoms with Gasteiger partial charge in [-0.1, -0.05) is 41.9 Å². The van der Waals surface area contributed by atoms with Gasteiger partial charge in [-0.25, -0.2) is 0 Å². The highest BCUT2D eigenvalue weighted by molar-refractivity contribution is 6.30. The third-order valence-electron chi connectivity index (χ3n) is 3.81. The van der Waals surface area contributed by atoms with Crippen LogP contribution in [0.15, 0.2) is 48.5 Å². The molecule has 2 aromatic rings. The minimum atomic E-state index is -0.872. The number of amides is 1. The summed E-state index contributed by atoms with van der Waals surface area (Å²) in [7, 11) is 1.51. The molecule has 0 aliphatic heterocycles. The Morgan fingerprint density at radius 1 is 1.15 bits per heavy atom. The zero-order chi connectivity index (χ0) is 18.9. The number of carbonyl (C=O) groups excluding carboxylic acids is 2. The minimum absolute atomic E-state index is 0.0225. The molecule has 138 valence electrons. The third-order valence-corrected chi connectivity index (χ3v) is 4.05. The van der Waals surface area contributed by atoms with Gasteiger partial charge in [0.25, 0.3) is 5.91 Å². The SMILES string of the molecule is COc1ccc(Cl)cc1CC(=O)O[C@@H](C)C(=O)NCCc1ccccc1. The van der Waals surface area contributed by atoms with Gasteiger partial charge in [0.1, 0.15) is 5.75 Å². The Labute approximate surface area is 158 Å². The van der Waals surface area contributed by atoms with Gasteiger partial charge in [-0.2, -0.15) is 0 Å². The molecule has 0 saturated heterocycles. The average molecular weight is 376 g/mol. The lowest BCUT2D eigenvalue weighted by Crippen LogP contribution is -2.37. The van der Waals surface area contributed by atoms with Gasteiger partial charge < -0.3 is 14.8 Å². The summed E-state index contributed by atoms with van der Waals surface area (Å²) in [6, 6.07) is 14.8. The van der Waals surface area contributed by atoms with Gasteiger partial charge in [0, 0.05) is 17.1 Å². The summed E-state index contributed by atoms with van der Waals surface area (Å²) in [5, 5.41) is 3.27. The average Bonchev–Trinajstić information content (AvgIpc) is 2.62. The van der Waals surface area contributed by atoms with Crippen LogP contribution in [0.25, 0.3) is 0 Å². The van der Waals surface area contributed by atoms with E-state index in [2.05, 4.69) is 5.32 Å². The van der Waals surface area contributed by atoms with E-state index in [0.717, 1.165) is 5.56 Å². The monoisotopic (exact) mass is 375 g/mol. The first kappa shape index (κ1) is 19.8. The van der Waals surface area contributed by atoms with Gasteiger partial charge >= 0.3 is 5.97 Å². The highest BCUT2D eigenvalue weighted by Crippen LogP contribution is 2.23. The number of benzene rings is 2. The van der Waals surface area contributed by atoms with Crippen molar-refractivity contribution in [2.24, 2.45) is 0 Å². The number of hydrogen-bond acceptors (Lipinski definition) is 4. The molecule has 0 aliphatic rings. The maximum atomic E-state index is 12.1. The van der Waals surface area contributed by atoms with Crippen molar-refractivity contribution >= 4 is 23.5 Å². The maximum absolute atomic E-state index is 12.1. The van der Waals surface area contributed by atoms with E-state index in [0.29, 0.717) is 29.3 Å². The molecule has 0 aromatic heterocycles. The molecule has 1 N–H and O–H groups in total. The Morgan fingerprint density at radius 3 is 2.58 bits per heavy atom. The van der Waals surface area contributed by atoms with E-state index in [-0.39, 0.29) is 12.3 Å². The quantitative estimate of drug-likeness (QED) is 0.720. The topological polar surface area (TPSA) is 64.6 Å². The van der Waals surface area contributed by atoms with Gasteiger partial charge in [-0.15, -0.1) is 0 Å². The summed E-state index contributed by atoms with van der Waals surface area (Å²) < 4.78 is 10.4. The smallest absolute Gasteiger partial charge is 0.311 e. The van der Waals surface area contributed by atoms with Gasteiger partial charge in [0.2, 0.25) is 0 Å². The highest BCUT2D eigenvalue weighted by atomic mass is 35.5. The summed E-state index contributed by atoms with van der Waals surface area (Å²) in [5.41, 5.74) is 1.74. The van der Waals surface area contributed by atoms with Crippen molar-refractivity contribution in [3.05, 3.63) is 64.7 Å². The number of ether oxygens (including phenoxy) is 2. The second-order valence-corrected chi connectivity index (χ2v) is 6.23. The van der Waals surface area contributed by atoms with Crippen LogP contribution >= 0.6 is 11.6 Å². The van der Waals surface area contributed by atoms with E-state index in [4.69, 9.17) is 21.1 Å². The predicted molar refractivity (Wildman–Crippen MR) is 100 cm³/mol. The van der Waals surface area contributed by atoms with Gasteiger partial charge in [0.15, 0.2) is 6.10 Å². The molecule has 0 heterocycles. The highest BCUT2D eigenvalue weighted by Gasteiger charge is 2.19.